The van der Waals surface area contributed by atoms with Crippen molar-refractivity contribution in [1.29, 1.82) is 0 Å². The minimum Gasteiger partial charge on any atom is -0.324 e. The molecule has 19 heavy (non-hydrogen) atoms. The lowest BCUT2D eigenvalue weighted by Gasteiger charge is -2.15. The van der Waals surface area contributed by atoms with E-state index in [1.54, 1.807) is 0 Å². The number of aryl methyl sites for hydroxylation is 2. The molecular formula is C17H20BrN. The second-order valence-electron chi connectivity index (χ2n) is 4.99. The third-order valence-corrected chi connectivity index (χ3v) is 3.95. The molecule has 2 aromatic carbocycles. The van der Waals surface area contributed by atoms with Crippen molar-refractivity contribution in [1.82, 2.24) is 0 Å². The fourth-order valence-corrected chi connectivity index (χ4v) is 2.86. The van der Waals surface area contributed by atoms with E-state index in [1.165, 1.54) is 16.7 Å². The monoisotopic (exact) mass is 317 g/mol. The van der Waals surface area contributed by atoms with E-state index in [0.29, 0.717) is 0 Å². The number of benzene rings is 2. The van der Waals surface area contributed by atoms with Crippen molar-refractivity contribution in [3.05, 3.63) is 69.7 Å². The fourth-order valence-electron chi connectivity index (χ4n) is 2.38. The molecule has 2 rings (SSSR count). The van der Waals surface area contributed by atoms with Gasteiger partial charge in [0, 0.05) is 10.5 Å². The van der Waals surface area contributed by atoms with Crippen molar-refractivity contribution in [2.75, 3.05) is 0 Å². The maximum Gasteiger partial charge on any atom is 0.0297 e. The predicted octanol–water partition coefficient (Wildman–Crippen LogP) is 4.78. The zero-order valence-electron chi connectivity index (χ0n) is 11.3. The molecule has 0 fully saturated rings. The lowest BCUT2D eigenvalue weighted by atomic mass is 9.96. The highest BCUT2D eigenvalue weighted by atomic mass is 79.9. The Morgan fingerprint density at radius 1 is 1.11 bits per heavy atom. The lowest BCUT2D eigenvalue weighted by molar-refractivity contribution is 0.609. The van der Waals surface area contributed by atoms with E-state index in [0.717, 1.165) is 23.7 Å². The lowest BCUT2D eigenvalue weighted by Crippen LogP contribution is -2.12. The van der Waals surface area contributed by atoms with Crippen LogP contribution in [0.3, 0.4) is 0 Å². The van der Waals surface area contributed by atoms with Crippen LogP contribution in [-0.4, -0.2) is 0 Å². The number of hydrogen-bond donors (Lipinski definition) is 1. The van der Waals surface area contributed by atoms with Crippen LogP contribution in [-0.2, 0) is 6.42 Å². The molecule has 0 aliphatic rings. The van der Waals surface area contributed by atoms with Gasteiger partial charge in [0.2, 0.25) is 0 Å². The van der Waals surface area contributed by atoms with Gasteiger partial charge in [-0.25, -0.2) is 0 Å². The molecule has 0 spiro atoms. The van der Waals surface area contributed by atoms with Gasteiger partial charge in [-0.05, 0) is 55.0 Å². The molecule has 0 aliphatic heterocycles. The summed E-state index contributed by atoms with van der Waals surface area (Å²) in [6.07, 6.45) is 3.25. The van der Waals surface area contributed by atoms with Crippen LogP contribution in [0.2, 0.25) is 0 Å². The van der Waals surface area contributed by atoms with E-state index < -0.39 is 0 Å². The third-order valence-electron chi connectivity index (χ3n) is 3.45. The molecule has 2 aromatic rings. The standard InChI is InChI=1S/C17H20BrN/c1-13-12-15(18)10-11-16(13)17(19)9-5-8-14-6-3-2-4-7-14/h2-4,6-7,10-12,17H,5,8-9,19H2,1H3. The normalized spacial score (nSPS) is 12.4. The molecule has 0 amide bonds. The minimum atomic E-state index is 0.136. The zero-order valence-corrected chi connectivity index (χ0v) is 12.9. The van der Waals surface area contributed by atoms with E-state index in [9.17, 15) is 0 Å². The number of halogens is 1. The predicted molar refractivity (Wildman–Crippen MR) is 85.2 cm³/mol. The molecule has 0 saturated carbocycles. The van der Waals surface area contributed by atoms with Crippen molar-refractivity contribution in [3.63, 3.8) is 0 Å². The van der Waals surface area contributed by atoms with Crippen LogP contribution in [0.5, 0.6) is 0 Å². The van der Waals surface area contributed by atoms with Gasteiger partial charge < -0.3 is 5.73 Å². The smallest absolute Gasteiger partial charge is 0.0297 e. The van der Waals surface area contributed by atoms with Gasteiger partial charge in [-0.1, -0.05) is 52.3 Å². The maximum atomic E-state index is 6.29. The van der Waals surface area contributed by atoms with Crippen molar-refractivity contribution >= 4 is 15.9 Å². The summed E-state index contributed by atoms with van der Waals surface area (Å²) in [4.78, 5) is 0. The highest BCUT2D eigenvalue weighted by Gasteiger charge is 2.09. The molecule has 1 unspecified atom stereocenters. The van der Waals surface area contributed by atoms with Crippen LogP contribution in [0.4, 0.5) is 0 Å². The highest BCUT2D eigenvalue weighted by molar-refractivity contribution is 9.10. The van der Waals surface area contributed by atoms with Gasteiger partial charge in [-0.2, -0.15) is 0 Å². The van der Waals surface area contributed by atoms with Crippen LogP contribution < -0.4 is 5.73 Å². The SMILES string of the molecule is Cc1cc(Br)ccc1C(N)CCCc1ccccc1. The van der Waals surface area contributed by atoms with Crippen LogP contribution in [0.25, 0.3) is 0 Å². The quantitative estimate of drug-likeness (QED) is 0.843. The first-order valence-corrected chi connectivity index (χ1v) is 7.51. The highest BCUT2D eigenvalue weighted by Crippen LogP contribution is 2.23. The Morgan fingerprint density at radius 2 is 1.84 bits per heavy atom. The summed E-state index contributed by atoms with van der Waals surface area (Å²) in [5.41, 5.74) is 10.2. The van der Waals surface area contributed by atoms with E-state index in [-0.39, 0.29) is 6.04 Å². The Bertz CT molecular complexity index is 522. The van der Waals surface area contributed by atoms with Gasteiger partial charge in [-0.3, -0.25) is 0 Å². The Hall–Kier alpha value is -1.12. The molecule has 100 valence electrons. The Labute approximate surface area is 124 Å². The van der Waals surface area contributed by atoms with Crippen molar-refractivity contribution in [2.24, 2.45) is 5.73 Å². The fraction of sp³-hybridized carbons (Fsp3) is 0.294. The summed E-state index contributed by atoms with van der Waals surface area (Å²) in [5, 5.41) is 0. The largest absolute Gasteiger partial charge is 0.324 e. The minimum absolute atomic E-state index is 0.136. The van der Waals surface area contributed by atoms with Crippen molar-refractivity contribution < 1.29 is 0 Å². The van der Waals surface area contributed by atoms with Crippen LogP contribution >= 0.6 is 15.9 Å². The number of hydrogen-bond acceptors (Lipinski definition) is 1. The maximum absolute atomic E-state index is 6.29. The molecule has 2 heteroatoms. The molecule has 0 heterocycles. The van der Waals surface area contributed by atoms with E-state index in [1.807, 2.05) is 0 Å². The molecule has 0 aromatic heterocycles. The number of nitrogens with two attached hydrogens (primary N) is 1. The summed E-state index contributed by atoms with van der Waals surface area (Å²) >= 11 is 3.49. The Balaban J connectivity index is 1.89. The molecule has 0 aliphatic carbocycles. The molecule has 1 atom stereocenters. The van der Waals surface area contributed by atoms with Gasteiger partial charge in [-0.15, -0.1) is 0 Å². The molecular weight excluding hydrogens is 298 g/mol. The molecule has 2 N–H and O–H groups in total. The topological polar surface area (TPSA) is 26.0 Å². The van der Waals surface area contributed by atoms with Gasteiger partial charge >= 0.3 is 0 Å². The van der Waals surface area contributed by atoms with Gasteiger partial charge in [0.15, 0.2) is 0 Å². The summed E-state index contributed by atoms with van der Waals surface area (Å²) in [6.45, 7) is 2.12. The summed E-state index contributed by atoms with van der Waals surface area (Å²) in [7, 11) is 0. The zero-order chi connectivity index (χ0) is 13.7. The van der Waals surface area contributed by atoms with Gasteiger partial charge in [0.25, 0.3) is 0 Å². The molecule has 0 saturated heterocycles. The van der Waals surface area contributed by atoms with Crippen molar-refractivity contribution in [2.45, 2.75) is 32.2 Å². The Morgan fingerprint density at radius 3 is 2.53 bits per heavy atom. The summed E-state index contributed by atoms with van der Waals surface area (Å²) in [6, 6.07) is 17.1. The van der Waals surface area contributed by atoms with Crippen LogP contribution in [0.1, 0.15) is 35.6 Å². The second kappa shape index (κ2) is 6.88. The van der Waals surface area contributed by atoms with Crippen LogP contribution in [0.15, 0.2) is 53.0 Å². The van der Waals surface area contributed by atoms with Gasteiger partial charge in [0.1, 0.15) is 0 Å². The second-order valence-corrected chi connectivity index (χ2v) is 5.90. The molecule has 1 nitrogen and oxygen atoms in total. The summed E-state index contributed by atoms with van der Waals surface area (Å²) < 4.78 is 1.12. The van der Waals surface area contributed by atoms with Gasteiger partial charge in [0.05, 0.1) is 0 Å². The first-order chi connectivity index (χ1) is 9.16. The average Bonchev–Trinajstić information content (AvgIpc) is 2.39. The van der Waals surface area contributed by atoms with Crippen molar-refractivity contribution in [3.8, 4) is 0 Å². The van der Waals surface area contributed by atoms with Crippen LogP contribution in [0, 0.1) is 6.92 Å². The van der Waals surface area contributed by atoms with E-state index in [4.69, 9.17) is 5.73 Å². The Kier molecular flexibility index (Phi) is 5.17. The third kappa shape index (κ3) is 4.19. The molecule has 0 bridgehead atoms. The van der Waals surface area contributed by atoms with E-state index >= 15 is 0 Å². The van der Waals surface area contributed by atoms with E-state index in [2.05, 4.69) is 71.4 Å². The molecule has 0 radical (unpaired) electrons. The number of rotatable bonds is 5. The summed E-state index contributed by atoms with van der Waals surface area (Å²) in [5.74, 6) is 0. The first-order valence-electron chi connectivity index (χ1n) is 6.72. The first kappa shape index (κ1) is 14.3. The average molecular weight is 318 g/mol.